The minimum Gasteiger partial charge on any atom is -0.374 e. The zero-order chi connectivity index (χ0) is 13.7. The van der Waals surface area contributed by atoms with Crippen LogP contribution in [0.15, 0.2) is 30.5 Å². The molecule has 1 heterocycles. The minimum absolute atomic E-state index is 0.0888. The monoisotopic (exact) mass is 258 g/mol. The third-order valence-electron chi connectivity index (χ3n) is 3.09. The standard InChI is InChI=1S/C14H18N4O/c1-3-18(4-2)14(19)10-15-13-9-16-17-12-8-6-5-7-11(12)13/h5-9H,3-4,10H2,1-2H3,(H,15,17). The van der Waals surface area contributed by atoms with Gasteiger partial charge < -0.3 is 10.2 Å². The van der Waals surface area contributed by atoms with E-state index < -0.39 is 0 Å². The largest absolute Gasteiger partial charge is 0.374 e. The molecule has 5 nitrogen and oxygen atoms in total. The smallest absolute Gasteiger partial charge is 0.241 e. The number of amides is 1. The number of hydrogen-bond acceptors (Lipinski definition) is 4. The Labute approximate surface area is 112 Å². The molecule has 0 spiro atoms. The van der Waals surface area contributed by atoms with Gasteiger partial charge in [-0.3, -0.25) is 4.79 Å². The highest BCUT2D eigenvalue weighted by Gasteiger charge is 2.10. The third kappa shape index (κ3) is 2.99. The Morgan fingerprint density at radius 2 is 2.00 bits per heavy atom. The van der Waals surface area contributed by atoms with E-state index in [9.17, 15) is 4.79 Å². The van der Waals surface area contributed by atoms with Crippen LogP contribution < -0.4 is 5.32 Å². The van der Waals surface area contributed by atoms with Crippen LogP contribution in [0.25, 0.3) is 10.9 Å². The van der Waals surface area contributed by atoms with Crippen molar-refractivity contribution in [2.75, 3.05) is 25.0 Å². The molecule has 1 N–H and O–H groups in total. The van der Waals surface area contributed by atoms with Crippen LogP contribution in [0.1, 0.15) is 13.8 Å². The highest BCUT2D eigenvalue weighted by molar-refractivity contribution is 5.92. The van der Waals surface area contributed by atoms with Gasteiger partial charge in [0.05, 0.1) is 23.9 Å². The predicted molar refractivity (Wildman–Crippen MR) is 76.0 cm³/mol. The molecule has 1 aromatic carbocycles. The molecule has 0 fully saturated rings. The van der Waals surface area contributed by atoms with Crippen molar-refractivity contribution < 1.29 is 4.79 Å². The number of rotatable bonds is 5. The lowest BCUT2D eigenvalue weighted by Crippen LogP contribution is -2.35. The van der Waals surface area contributed by atoms with Crippen LogP contribution in [0.4, 0.5) is 5.69 Å². The van der Waals surface area contributed by atoms with Crippen molar-refractivity contribution in [3.63, 3.8) is 0 Å². The number of anilines is 1. The second kappa shape index (κ2) is 6.13. The van der Waals surface area contributed by atoms with Gasteiger partial charge >= 0.3 is 0 Å². The summed E-state index contributed by atoms with van der Waals surface area (Å²) in [5, 5.41) is 12.1. The van der Waals surface area contributed by atoms with Gasteiger partial charge in [-0.2, -0.15) is 10.2 Å². The van der Waals surface area contributed by atoms with Gasteiger partial charge in [-0.05, 0) is 19.9 Å². The first-order valence-electron chi connectivity index (χ1n) is 6.48. The maximum Gasteiger partial charge on any atom is 0.241 e. The summed E-state index contributed by atoms with van der Waals surface area (Å²) in [6, 6.07) is 7.73. The van der Waals surface area contributed by atoms with Crippen LogP contribution in [0, 0.1) is 0 Å². The van der Waals surface area contributed by atoms with Crippen LogP contribution in [0.3, 0.4) is 0 Å². The van der Waals surface area contributed by atoms with Gasteiger partial charge in [0.2, 0.25) is 5.91 Å². The van der Waals surface area contributed by atoms with Gasteiger partial charge in [0.25, 0.3) is 0 Å². The Bertz CT molecular complexity index is 561. The first kappa shape index (κ1) is 13.3. The summed E-state index contributed by atoms with van der Waals surface area (Å²) in [6.45, 7) is 5.69. The Balaban J connectivity index is 2.12. The quantitative estimate of drug-likeness (QED) is 0.890. The van der Waals surface area contributed by atoms with Crippen molar-refractivity contribution in [1.29, 1.82) is 0 Å². The number of likely N-dealkylation sites (N-methyl/N-ethyl adjacent to an activating group) is 1. The lowest BCUT2D eigenvalue weighted by Gasteiger charge is -2.19. The van der Waals surface area contributed by atoms with Crippen molar-refractivity contribution in [2.45, 2.75) is 13.8 Å². The molecule has 1 amide bonds. The number of aromatic nitrogens is 2. The number of carbonyl (C=O) groups excluding carboxylic acids is 1. The van der Waals surface area contributed by atoms with Crippen molar-refractivity contribution in [2.24, 2.45) is 0 Å². The Kier molecular flexibility index (Phi) is 4.28. The molecule has 19 heavy (non-hydrogen) atoms. The molecule has 0 aliphatic carbocycles. The first-order chi connectivity index (χ1) is 9.26. The zero-order valence-electron chi connectivity index (χ0n) is 11.3. The summed E-state index contributed by atoms with van der Waals surface area (Å²) < 4.78 is 0. The van der Waals surface area contributed by atoms with E-state index in [1.807, 2.05) is 38.1 Å². The second-order valence-electron chi connectivity index (χ2n) is 4.19. The molecule has 0 saturated heterocycles. The summed E-state index contributed by atoms with van der Waals surface area (Å²) in [5.41, 5.74) is 1.66. The van der Waals surface area contributed by atoms with E-state index in [0.29, 0.717) is 0 Å². The molecular formula is C14H18N4O. The molecule has 100 valence electrons. The summed E-state index contributed by atoms with van der Waals surface area (Å²) >= 11 is 0. The number of carbonyl (C=O) groups is 1. The Morgan fingerprint density at radius 1 is 1.26 bits per heavy atom. The van der Waals surface area contributed by atoms with Crippen LogP contribution in [0.2, 0.25) is 0 Å². The number of fused-ring (bicyclic) bond motifs is 1. The molecule has 0 aliphatic rings. The summed E-state index contributed by atoms with van der Waals surface area (Å²) in [5.74, 6) is 0.0888. The van der Waals surface area contributed by atoms with E-state index in [0.717, 1.165) is 29.7 Å². The van der Waals surface area contributed by atoms with E-state index in [4.69, 9.17) is 0 Å². The molecule has 5 heteroatoms. The van der Waals surface area contributed by atoms with Gasteiger partial charge in [0.15, 0.2) is 0 Å². The number of nitrogens with one attached hydrogen (secondary N) is 1. The summed E-state index contributed by atoms with van der Waals surface area (Å²) in [7, 11) is 0. The normalized spacial score (nSPS) is 10.4. The first-order valence-corrected chi connectivity index (χ1v) is 6.48. The lowest BCUT2D eigenvalue weighted by molar-refractivity contribution is -0.128. The molecule has 0 saturated carbocycles. The average molecular weight is 258 g/mol. The fourth-order valence-corrected chi connectivity index (χ4v) is 2.01. The highest BCUT2D eigenvalue weighted by atomic mass is 16.2. The molecule has 2 rings (SSSR count). The molecular weight excluding hydrogens is 240 g/mol. The van der Waals surface area contributed by atoms with Crippen LogP contribution >= 0.6 is 0 Å². The van der Waals surface area contributed by atoms with E-state index in [-0.39, 0.29) is 12.5 Å². The van der Waals surface area contributed by atoms with Crippen molar-refractivity contribution >= 4 is 22.5 Å². The molecule has 0 unspecified atom stereocenters. The second-order valence-corrected chi connectivity index (χ2v) is 4.19. The number of nitrogens with zero attached hydrogens (tertiary/aromatic N) is 3. The molecule has 0 atom stereocenters. The maximum absolute atomic E-state index is 11.9. The van der Waals surface area contributed by atoms with Crippen LogP contribution in [-0.4, -0.2) is 40.6 Å². The molecule has 2 aromatic rings. The fourth-order valence-electron chi connectivity index (χ4n) is 2.01. The topological polar surface area (TPSA) is 58.1 Å². The van der Waals surface area contributed by atoms with Gasteiger partial charge in [-0.25, -0.2) is 0 Å². The average Bonchev–Trinajstić information content (AvgIpc) is 2.46. The molecule has 0 radical (unpaired) electrons. The molecule has 0 bridgehead atoms. The fraction of sp³-hybridized carbons (Fsp3) is 0.357. The molecule has 0 aliphatic heterocycles. The Morgan fingerprint density at radius 3 is 2.74 bits per heavy atom. The Hall–Kier alpha value is -2.17. The van der Waals surface area contributed by atoms with E-state index >= 15 is 0 Å². The van der Waals surface area contributed by atoms with Crippen LogP contribution in [0.5, 0.6) is 0 Å². The third-order valence-corrected chi connectivity index (χ3v) is 3.09. The number of benzene rings is 1. The van der Waals surface area contributed by atoms with E-state index in [1.165, 1.54) is 0 Å². The van der Waals surface area contributed by atoms with Crippen molar-refractivity contribution in [1.82, 2.24) is 15.1 Å². The van der Waals surface area contributed by atoms with Gasteiger partial charge in [-0.15, -0.1) is 0 Å². The summed E-state index contributed by atoms with van der Waals surface area (Å²) in [4.78, 5) is 13.7. The van der Waals surface area contributed by atoms with Crippen molar-refractivity contribution in [3.8, 4) is 0 Å². The van der Waals surface area contributed by atoms with Gasteiger partial charge in [-0.1, -0.05) is 18.2 Å². The zero-order valence-corrected chi connectivity index (χ0v) is 11.3. The number of hydrogen-bond donors (Lipinski definition) is 1. The van der Waals surface area contributed by atoms with Crippen LogP contribution in [-0.2, 0) is 4.79 Å². The van der Waals surface area contributed by atoms with E-state index in [2.05, 4.69) is 15.5 Å². The molecule has 1 aromatic heterocycles. The van der Waals surface area contributed by atoms with E-state index in [1.54, 1.807) is 11.1 Å². The summed E-state index contributed by atoms with van der Waals surface area (Å²) in [6.07, 6.45) is 1.65. The lowest BCUT2D eigenvalue weighted by atomic mass is 10.2. The maximum atomic E-state index is 11.9. The van der Waals surface area contributed by atoms with Gasteiger partial charge in [0, 0.05) is 18.5 Å². The predicted octanol–water partition coefficient (Wildman–Crippen LogP) is 1.91. The minimum atomic E-state index is 0.0888. The van der Waals surface area contributed by atoms with Crippen molar-refractivity contribution in [3.05, 3.63) is 30.5 Å². The SMILES string of the molecule is CCN(CC)C(=O)CNc1cnnc2ccccc12. The van der Waals surface area contributed by atoms with Gasteiger partial charge in [0.1, 0.15) is 0 Å². The highest BCUT2D eigenvalue weighted by Crippen LogP contribution is 2.19.